The first-order chi connectivity index (χ1) is 12.1. The standard InChI is InChI=1S/C23H30Br2O2/c1-21(2,3)15-9-13(11-17(24)19(15)26)23(7,8)14-10-16(22(4,5)6)20(27)18(25)12-14/h9-12,26-27H,1-8H3. The van der Waals surface area contributed by atoms with Gasteiger partial charge < -0.3 is 10.2 Å². The lowest BCUT2D eigenvalue weighted by molar-refractivity contribution is 0.441. The lowest BCUT2D eigenvalue weighted by atomic mass is 9.73. The minimum absolute atomic E-state index is 0.176. The molecule has 0 aromatic heterocycles. The second-order valence-electron chi connectivity index (χ2n) is 9.83. The number of aromatic hydroxyl groups is 2. The third kappa shape index (κ3) is 4.37. The van der Waals surface area contributed by atoms with Gasteiger partial charge in [0, 0.05) is 16.5 Å². The summed E-state index contributed by atoms with van der Waals surface area (Å²) < 4.78 is 1.40. The maximum absolute atomic E-state index is 10.5. The van der Waals surface area contributed by atoms with Crippen molar-refractivity contribution in [1.82, 2.24) is 0 Å². The minimum atomic E-state index is -0.313. The Labute approximate surface area is 180 Å². The summed E-state index contributed by atoms with van der Waals surface area (Å²) >= 11 is 7.05. The van der Waals surface area contributed by atoms with Gasteiger partial charge in [-0.05, 0) is 65.9 Å². The molecule has 0 amide bonds. The molecule has 2 N–H and O–H groups in total. The van der Waals surface area contributed by atoms with E-state index in [1.165, 1.54) is 0 Å². The molecule has 2 aromatic carbocycles. The van der Waals surface area contributed by atoms with Crippen LogP contribution in [0.15, 0.2) is 33.2 Å². The van der Waals surface area contributed by atoms with Crippen molar-refractivity contribution in [3.63, 3.8) is 0 Å². The molecule has 2 aromatic rings. The molecule has 0 aliphatic heterocycles. The van der Waals surface area contributed by atoms with Crippen molar-refractivity contribution < 1.29 is 10.2 Å². The van der Waals surface area contributed by atoms with Gasteiger partial charge in [-0.25, -0.2) is 0 Å². The van der Waals surface area contributed by atoms with E-state index in [1.807, 2.05) is 12.1 Å². The molecule has 0 aliphatic carbocycles. The predicted molar refractivity (Wildman–Crippen MR) is 121 cm³/mol. The number of phenolic OH excluding ortho intramolecular Hbond substituents is 2. The van der Waals surface area contributed by atoms with E-state index in [1.54, 1.807) is 0 Å². The van der Waals surface area contributed by atoms with Gasteiger partial charge in [-0.15, -0.1) is 0 Å². The Morgan fingerprint density at radius 1 is 0.593 bits per heavy atom. The third-order valence-corrected chi connectivity index (χ3v) is 6.40. The largest absolute Gasteiger partial charge is 0.506 e. The predicted octanol–water partition coefficient (Wildman–Crippen LogP) is 7.54. The van der Waals surface area contributed by atoms with Gasteiger partial charge in [0.1, 0.15) is 11.5 Å². The molecular weight excluding hydrogens is 468 g/mol. The highest BCUT2D eigenvalue weighted by Crippen LogP contribution is 2.45. The molecule has 0 fully saturated rings. The summed E-state index contributed by atoms with van der Waals surface area (Å²) in [7, 11) is 0. The van der Waals surface area contributed by atoms with Crippen LogP contribution in [-0.2, 0) is 16.2 Å². The Kier molecular flexibility index (Phi) is 5.87. The Hall–Kier alpha value is -1.00. The van der Waals surface area contributed by atoms with Crippen LogP contribution in [0.3, 0.4) is 0 Å². The first-order valence-electron chi connectivity index (χ1n) is 9.13. The number of rotatable bonds is 2. The zero-order chi connectivity index (χ0) is 20.9. The highest BCUT2D eigenvalue weighted by atomic mass is 79.9. The summed E-state index contributed by atoms with van der Waals surface area (Å²) in [5.41, 5.74) is 3.37. The molecule has 2 rings (SSSR count). The Morgan fingerprint density at radius 2 is 0.889 bits per heavy atom. The maximum Gasteiger partial charge on any atom is 0.133 e. The van der Waals surface area contributed by atoms with Gasteiger partial charge in [-0.2, -0.15) is 0 Å². The van der Waals surface area contributed by atoms with Crippen LogP contribution in [0.1, 0.15) is 77.6 Å². The van der Waals surface area contributed by atoms with Gasteiger partial charge in [0.15, 0.2) is 0 Å². The van der Waals surface area contributed by atoms with Crippen LogP contribution in [0, 0.1) is 0 Å². The normalized spacial score (nSPS) is 13.1. The van der Waals surface area contributed by atoms with Gasteiger partial charge in [0.25, 0.3) is 0 Å². The Morgan fingerprint density at radius 3 is 1.15 bits per heavy atom. The first kappa shape index (κ1) is 22.3. The molecule has 0 saturated heterocycles. The van der Waals surface area contributed by atoms with E-state index in [-0.39, 0.29) is 16.2 Å². The SMILES string of the molecule is CC(C)(C)c1cc(C(C)(C)c2cc(Br)c(O)c(C(C)(C)C)c2)cc(Br)c1O. The molecule has 0 bridgehead atoms. The van der Waals surface area contributed by atoms with Gasteiger partial charge in [0.05, 0.1) is 8.95 Å². The number of hydrogen-bond acceptors (Lipinski definition) is 2. The number of phenols is 2. The van der Waals surface area contributed by atoms with E-state index in [0.717, 1.165) is 22.3 Å². The van der Waals surface area contributed by atoms with Crippen molar-refractivity contribution in [2.45, 2.75) is 71.6 Å². The lowest BCUT2D eigenvalue weighted by Crippen LogP contribution is -2.22. The maximum atomic E-state index is 10.5. The summed E-state index contributed by atoms with van der Waals surface area (Å²) in [6.45, 7) is 16.9. The van der Waals surface area contributed by atoms with E-state index < -0.39 is 0 Å². The zero-order valence-electron chi connectivity index (χ0n) is 17.5. The third-order valence-electron chi connectivity index (χ3n) is 5.19. The highest BCUT2D eigenvalue weighted by Gasteiger charge is 2.31. The molecule has 148 valence electrons. The van der Waals surface area contributed by atoms with Crippen molar-refractivity contribution in [3.05, 3.63) is 55.5 Å². The fraction of sp³-hybridized carbons (Fsp3) is 0.478. The van der Waals surface area contributed by atoms with E-state index in [0.29, 0.717) is 20.4 Å². The quantitative estimate of drug-likeness (QED) is 0.449. The molecule has 0 heterocycles. The number of hydrogen-bond donors (Lipinski definition) is 2. The van der Waals surface area contributed by atoms with Crippen LogP contribution in [-0.4, -0.2) is 10.2 Å². The molecule has 27 heavy (non-hydrogen) atoms. The summed E-state index contributed by atoms with van der Waals surface area (Å²) in [4.78, 5) is 0. The minimum Gasteiger partial charge on any atom is -0.506 e. The molecule has 4 heteroatoms. The van der Waals surface area contributed by atoms with E-state index in [4.69, 9.17) is 0 Å². The smallest absolute Gasteiger partial charge is 0.133 e. The summed E-state index contributed by atoms with van der Waals surface area (Å²) in [6, 6.07) is 8.17. The van der Waals surface area contributed by atoms with Crippen LogP contribution in [0.2, 0.25) is 0 Å². The van der Waals surface area contributed by atoms with Crippen molar-refractivity contribution in [2.75, 3.05) is 0 Å². The average Bonchev–Trinajstić information content (AvgIpc) is 2.49. The summed E-state index contributed by atoms with van der Waals surface area (Å²) in [5, 5.41) is 21.1. The summed E-state index contributed by atoms with van der Waals surface area (Å²) in [6.07, 6.45) is 0. The molecule has 0 atom stereocenters. The van der Waals surface area contributed by atoms with Crippen LogP contribution >= 0.6 is 31.9 Å². The first-order valence-corrected chi connectivity index (χ1v) is 10.7. The van der Waals surface area contributed by atoms with Crippen molar-refractivity contribution in [1.29, 1.82) is 0 Å². The van der Waals surface area contributed by atoms with Gasteiger partial charge in [-0.1, -0.05) is 67.5 Å². The van der Waals surface area contributed by atoms with Crippen LogP contribution < -0.4 is 0 Å². The Balaban J connectivity index is 2.74. The summed E-state index contributed by atoms with van der Waals surface area (Å²) in [5.74, 6) is 0.591. The molecular formula is C23H30Br2O2. The fourth-order valence-corrected chi connectivity index (χ4v) is 4.15. The monoisotopic (exact) mass is 496 g/mol. The molecule has 2 nitrogen and oxygen atoms in total. The molecule has 0 unspecified atom stereocenters. The van der Waals surface area contributed by atoms with Crippen LogP contribution in [0.4, 0.5) is 0 Å². The number of halogens is 2. The van der Waals surface area contributed by atoms with E-state index >= 15 is 0 Å². The zero-order valence-corrected chi connectivity index (χ0v) is 20.6. The van der Waals surface area contributed by atoms with Crippen LogP contribution in [0.5, 0.6) is 11.5 Å². The van der Waals surface area contributed by atoms with Gasteiger partial charge >= 0.3 is 0 Å². The number of benzene rings is 2. The fourth-order valence-electron chi connectivity index (χ4n) is 3.23. The van der Waals surface area contributed by atoms with Crippen molar-refractivity contribution >= 4 is 31.9 Å². The topological polar surface area (TPSA) is 40.5 Å². The van der Waals surface area contributed by atoms with Crippen molar-refractivity contribution in [3.8, 4) is 11.5 Å². The second kappa shape index (κ2) is 7.11. The lowest BCUT2D eigenvalue weighted by Gasteiger charge is -2.32. The highest BCUT2D eigenvalue weighted by molar-refractivity contribution is 9.10. The van der Waals surface area contributed by atoms with E-state index in [9.17, 15) is 10.2 Å². The van der Waals surface area contributed by atoms with Crippen LogP contribution in [0.25, 0.3) is 0 Å². The molecule has 0 aliphatic rings. The molecule has 0 saturated carbocycles. The van der Waals surface area contributed by atoms with E-state index in [2.05, 4.69) is 99.4 Å². The average molecular weight is 498 g/mol. The Bertz CT molecular complexity index is 798. The molecule has 0 radical (unpaired) electrons. The molecule has 0 spiro atoms. The van der Waals surface area contributed by atoms with Gasteiger partial charge in [0.2, 0.25) is 0 Å². The second-order valence-corrected chi connectivity index (χ2v) is 11.5. The van der Waals surface area contributed by atoms with Crippen molar-refractivity contribution in [2.24, 2.45) is 0 Å². The van der Waals surface area contributed by atoms with Gasteiger partial charge in [-0.3, -0.25) is 0 Å².